The molecule has 0 aliphatic rings. The van der Waals surface area contributed by atoms with Crippen LogP contribution >= 0.6 is 35.0 Å². The Morgan fingerprint density at radius 1 is 1.17 bits per heavy atom. The van der Waals surface area contributed by atoms with E-state index in [0.29, 0.717) is 57.8 Å². The van der Waals surface area contributed by atoms with Crippen LogP contribution < -0.4 is 10.3 Å². The van der Waals surface area contributed by atoms with Crippen LogP contribution in [0.5, 0.6) is 0 Å². The molecular formula is C20H21Cl2N3O3S2. The predicted octanol–water partition coefficient (Wildman–Crippen LogP) is 3.98. The molecule has 1 heterocycles. The minimum absolute atomic E-state index is 0.109. The van der Waals surface area contributed by atoms with Crippen LogP contribution in [-0.2, 0) is 23.0 Å². The summed E-state index contributed by atoms with van der Waals surface area (Å²) in [4.78, 5) is 17.8. The fourth-order valence-electron chi connectivity index (χ4n) is 2.90. The molecule has 0 amide bonds. The molecule has 160 valence electrons. The van der Waals surface area contributed by atoms with Crippen molar-refractivity contribution in [1.82, 2.24) is 14.3 Å². The maximum Gasteiger partial charge on any atom is 0.262 e. The van der Waals surface area contributed by atoms with Crippen LogP contribution in [0.3, 0.4) is 0 Å². The van der Waals surface area contributed by atoms with Crippen molar-refractivity contribution in [3.63, 3.8) is 0 Å². The lowest BCUT2D eigenvalue weighted by Crippen LogP contribution is -2.25. The van der Waals surface area contributed by atoms with E-state index in [1.165, 1.54) is 11.8 Å². The quantitative estimate of drug-likeness (QED) is 0.281. The van der Waals surface area contributed by atoms with Gasteiger partial charge >= 0.3 is 0 Å². The maximum atomic E-state index is 13.1. The zero-order valence-electron chi connectivity index (χ0n) is 16.3. The van der Waals surface area contributed by atoms with Gasteiger partial charge in [-0.15, -0.1) is 0 Å². The molecule has 2 aromatic carbocycles. The van der Waals surface area contributed by atoms with E-state index in [0.717, 1.165) is 11.8 Å². The second-order valence-electron chi connectivity index (χ2n) is 6.72. The third kappa shape index (κ3) is 6.21. The van der Waals surface area contributed by atoms with Gasteiger partial charge in [-0.3, -0.25) is 9.36 Å². The van der Waals surface area contributed by atoms with Gasteiger partial charge in [-0.2, -0.15) is 0 Å². The molecule has 0 unspecified atom stereocenters. The van der Waals surface area contributed by atoms with E-state index in [4.69, 9.17) is 23.2 Å². The topological polar surface area (TPSA) is 81.1 Å². The number of benzene rings is 2. The van der Waals surface area contributed by atoms with Crippen molar-refractivity contribution in [2.75, 3.05) is 18.6 Å². The van der Waals surface area contributed by atoms with E-state index in [2.05, 4.69) is 9.71 Å². The minimum Gasteiger partial charge on any atom is -0.287 e. The molecule has 30 heavy (non-hydrogen) atoms. The molecule has 0 bridgehead atoms. The number of fused-ring (bicyclic) bond motifs is 1. The number of thioether (sulfide) groups is 1. The molecule has 0 fully saturated rings. The third-order valence-corrected chi connectivity index (χ3v) is 6.74. The number of sulfonamides is 1. The zero-order chi connectivity index (χ0) is 21.7. The van der Waals surface area contributed by atoms with Crippen LogP contribution in [0.15, 0.2) is 52.4 Å². The van der Waals surface area contributed by atoms with Gasteiger partial charge in [0.25, 0.3) is 5.56 Å². The van der Waals surface area contributed by atoms with E-state index in [-0.39, 0.29) is 5.56 Å². The highest BCUT2D eigenvalue weighted by Crippen LogP contribution is 2.23. The van der Waals surface area contributed by atoms with Crippen molar-refractivity contribution in [3.05, 3.63) is 68.4 Å². The lowest BCUT2D eigenvalue weighted by Gasteiger charge is -2.14. The first-order valence-corrected chi connectivity index (χ1v) is 12.9. The molecule has 0 saturated carbocycles. The molecule has 1 aromatic heterocycles. The van der Waals surface area contributed by atoms with Crippen molar-refractivity contribution in [3.8, 4) is 0 Å². The van der Waals surface area contributed by atoms with Gasteiger partial charge in [-0.25, -0.2) is 18.1 Å². The van der Waals surface area contributed by atoms with Gasteiger partial charge in [-0.1, -0.05) is 53.2 Å². The van der Waals surface area contributed by atoms with Gasteiger partial charge in [0, 0.05) is 28.9 Å². The second kappa shape index (κ2) is 10.2. The number of hydrogen-bond donors (Lipinski definition) is 1. The van der Waals surface area contributed by atoms with Gasteiger partial charge < -0.3 is 0 Å². The third-order valence-electron chi connectivity index (χ3n) is 4.36. The minimum atomic E-state index is -3.21. The summed E-state index contributed by atoms with van der Waals surface area (Å²) in [5.74, 6) is 0.620. The second-order valence-corrected chi connectivity index (χ2v) is 10.5. The van der Waals surface area contributed by atoms with Crippen LogP contribution in [0.1, 0.15) is 12.0 Å². The Hall–Kier alpha value is -1.58. The molecular weight excluding hydrogens is 465 g/mol. The van der Waals surface area contributed by atoms with Crippen LogP contribution in [0.25, 0.3) is 10.9 Å². The molecule has 0 atom stereocenters. The summed E-state index contributed by atoms with van der Waals surface area (Å²) in [5, 5.41) is 2.28. The van der Waals surface area contributed by atoms with Crippen molar-refractivity contribution in [2.45, 2.75) is 24.5 Å². The predicted molar refractivity (Wildman–Crippen MR) is 124 cm³/mol. The first-order chi connectivity index (χ1) is 14.2. The number of aromatic nitrogens is 2. The lowest BCUT2D eigenvalue weighted by molar-refractivity contribution is 0.586. The highest BCUT2D eigenvalue weighted by Gasteiger charge is 2.12. The first-order valence-electron chi connectivity index (χ1n) is 9.25. The van der Waals surface area contributed by atoms with Gasteiger partial charge in [0.05, 0.1) is 17.2 Å². The fourth-order valence-corrected chi connectivity index (χ4v) is 4.89. The summed E-state index contributed by atoms with van der Waals surface area (Å²) in [7, 11) is -3.21. The Balaban J connectivity index is 1.82. The van der Waals surface area contributed by atoms with Crippen molar-refractivity contribution < 1.29 is 8.42 Å². The van der Waals surface area contributed by atoms with E-state index < -0.39 is 10.0 Å². The normalized spacial score (nSPS) is 11.8. The summed E-state index contributed by atoms with van der Waals surface area (Å²) in [6, 6.07) is 12.5. The molecule has 0 saturated heterocycles. The van der Waals surface area contributed by atoms with Crippen molar-refractivity contribution >= 4 is 55.9 Å². The van der Waals surface area contributed by atoms with Crippen molar-refractivity contribution in [1.29, 1.82) is 0 Å². The maximum absolute atomic E-state index is 13.1. The zero-order valence-corrected chi connectivity index (χ0v) is 19.4. The average Bonchev–Trinajstić information content (AvgIpc) is 2.68. The van der Waals surface area contributed by atoms with E-state index in [9.17, 15) is 13.2 Å². The molecule has 1 N–H and O–H groups in total. The number of rotatable bonds is 9. The summed E-state index contributed by atoms with van der Waals surface area (Å²) in [5.41, 5.74) is 1.43. The Morgan fingerprint density at radius 2 is 1.93 bits per heavy atom. The smallest absolute Gasteiger partial charge is 0.262 e. The Labute approximate surface area is 189 Å². The fraction of sp³-hybridized carbons (Fsp3) is 0.300. The van der Waals surface area contributed by atoms with Gasteiger partial charge in [0.15, 0.2) is 5.16 Å². The number of aryl methyl sites for hydroxylation is 1. The first kappa shape index (κ1) is 23.1. The van der Waals surface area contributed by atoms with Crippen LogP contribution in [0.4, 0.5) is 0 Å². The Morgan fingerprint density at radius 3 is 2.67 bits per heavy atom. The van der Waals surface area contributed by atoms with E-state index >= 15 is 0 Å². The Kier molecular flexibility index (Phi) is 7.81. The van der Waals surface area contributed by atoms with Crippen LogP contribution in [0.2, 0.25) is 10.0 Å². The number of hydrogen-bond acceptors (Lipinski definition) is 5. The molecule has 0 radical (unpaired) electrons. The SMILES string of the molecule is CS(=O)(=O)NCCCSc1nc2ccccc2c(=O)n1CCc1ccc(Cl)cc1Cl. The summed E-state index contributed by atoms with van der Waals surface area (Å²) >= 11 is 13.7. The summed E-state index contributed by atoms with van der Waals surface area (Å²) in [6.45, 7) is 0.756. The Bertz CT molecular complexity index is 1210. The van der Waals surface area contributed by atoms with Gasteiger partial charge in [0.2, 0.25) is 10.0 Å². The molecule has 3 rings (SSSR count). The molecule has 6 nitrogen and oxygen atoms in total. The van der Waals surface area contributed by atoms with Crippen molar-refractivity contribution in [2.24, 2.45) is 0 Å². The largest absolute Gasteiger partial charge is 0.287 e. The number of nitrogens with zero attached hydrogens (tertiary/aromatic N) is 2. The molecule has 0 spiro atoms. The summed E-state index contributed by atoms with van der Waals surface area (Å²) < 4.78 is 26.5. The number of nitrogens with one attached hydrogen (secondary N) is 1. The van der Waals surface area contributed by atoms with Gasteiger partial charge in [0.1, 0.15) is 0 Å². The number of para-hydroxylation sites is 1. The number of halogens is 2. The molecule has 0 aliphatic heterocycles. The van der Waals surface area contributed by atoms with E-state index in [1.807, 2.05) is 24.3 Å². The highest BCUT2D eigenvalue weighted by molar-refractivity contribution is 7.99. The van der Waals surface area contributed by atoms with E-state index in [1.54, 1.807) is 22.8 Å². The van der Waals surface area contributed by atoms with Crippen LogP contribution in [0, 0.1) is 0 Å². The standard InChI is InChI=1S/C20H21Cl2N3O3S2/c1-30(27,28)23-10-4-12-29-20-24-18-6-3-2-5-16(18)19(26)25(20)11-9-14-7-8-15(21)13-17(14)22/h2-3,5-8,13,23H,4,9-12H2,1H3. The average molecular weight is 486 g/mol. The van der Waals surface area contributed by atoms with Crippen LogP contribution in [-0.4, -0.2) is 36.5 Å². The molecule has 10 heteroatoms. The molecule has 3 aromatic rings. The summed E-state index contributed by atoms with van der Waals surface area (Å²) in [6.07, 6.45) is 2.30. The van der Waals surface area contributed by atoms with Gasteiger partial charge in [-0.05, 0) is 42.7 Å². The molecule has 0 aliphatic carbocycles. The monoisotopic (exact) mass is 485 g/mol. The lowest BCUT2D eigenvalue weighted by atomic mass is 10.1. The highest BCUT2D eigenvalue weighted by atomic mass is 35.5.